The maximum atomic E-state index is 12.8. The van der Waals surface area contributed by atoms with Gasteiger partial charge in [-0.25, -0.2) is 0 Å². The topological polar surface area (TPSA) is 38.8 Å². The zero-order valence-electron chi connectivity index (χ0n) is 14.0. The lowest BCUT2D eigenvalue weighted by atomic mass is 10.0. The maximum Gasteiger partial charge on any atom is 0.179 e. The first-order valence-electron chi connectivity index (χ1n) is 8.47. The van der Waals surface area contributed by atoms with Crippen LogP contribution in [-0.2, 0) is 4.74 Å². The molecule has 1 heterocycles. The minimum Gasteiger partial charge on any atom is -0.457 e. The molecular weight excluding hydrogens is 302 g/mol. The van der Waals surface area contributed by atoms with Crippen LogP contribution < -0.4 is 4.74 Å². The predicted octanol–water partition coefficient (Wildman–Crippen LogP) is 3.77. The first-order valence-corrected chi connectivity index (χ1v) is 8.47. The molecule has 0 N–H and O–H groups in total. The Balaban J connectivity index is 1.68. The summed E-state index contributed by atoms with van der Waals surface area (Å²) in [5.41, 5.74) is 0.730. The molecule has 1 unspecified atom stereocenters. The summed E-state index contributed by atoms with van der Waals surface area (Å²) in [5.74, 6) is 1.69. The van der Waals surface area contributed by atoms with Gasteiger partial charge in [0.05, 0.1) is 19.3 Å². The fourth-order valence-electron chi connectivity index (χ4n) is 3.00. The first kappa shape index (κ1) is 16.7. The van der Waals surface area contributed by atoms with E-state index in [-0.39, 0.29) is 11.8 Å². The number of Topliss-reactive ketones (excluding diaryl/α,β-unsaturated/α-hetero) is 1. The van der Waals surface area contributed by atoms with Crippen LogP contribution in [0.1, 0.15) is 23.7 Å². The quantitative estimate of drug-likeness (QED) is 0.758. The Bertz CT molecular complexity index is 648. The molecule has 0 amide bonds. The molecule has 2 aromatic carbocycles. The smallest absolute Gasteiger partial charge is 0.179 e. The van der Waals surface area contributed by atoms with Crippen molar-refractivity contribution in [2.24, 2.45) is 0 Å². The van der Waals surface area contributed by atoms with Crippen molar-refractivity contribution in [3.05, 3.63) is 60.2 Å². The monoisotopic (exact) mass is 325 g/mol. The molecule has 4 heteroatoms. The highest BCUT2D eigenvalue weighted by molar-refractivity contribution is 6.00. The largest absolute Gasteiger partial charge is 0.457 e. The van der Waals surface area contributed by atoms with E-state index in [0.29, 0.717) is 13.2 Å². The van der Waals surface area contributed by atoms with E-state index in [0.717, 1.165) is 36.6 Å². The molecule has 0 aliphatic carbocycles. The second-order valence-corrected chi connectivity index (χ2v) is 5.88. The summed E-state index contributed by atoms with van der Waals surface area (Å²) >= 11 is 0. The molecule has 0 bridgehead atoms. The van der Waals surface area contributed by atoms with Crippen molar-refractivity contribution < 1.29 is 14.3 Å². The maximum absolute atomic E-state index is 12.8. The van der Waals surface area contributed by atoms with Gasteiger partial charge in [0, 0.05) is 18.7 Å². The number of hydrogen-bond donors (Lipinski definition) is 0. The molecule has 3 rings (SSSR count). The molecule has 1 saturated heterocycles. The summed E-state index contributed by atoms with van der Waals surface area (Å²) in [6.45, 7) is 5.10. The summed E-state index contributed by atoms with van der Waals surface area (Å²) in [4.78, 5) is 15.0. The van der Waals surface area contributed by atoms with E-state index in [1.54, 1.807) is 0 Å². The van der Waals surface area contributed by atoms with Crippen molar-refractivity contribution in [3.63, 3.8) is 0 Å². The SMILES string of the molecule is CCC(C(=O)c1ccc(Oc2ccccc2)cc1)N1CCOCC1. The lowest BCUT2D eigenvalue weighted by molar-refractivity contribution is 0.0170. The van der Waals surface area contributed by atoms with Crippen LogP contribution in [0.15, 0.2) is 54.6 Å². The van der Waals surface area contributed by atoms with Crippen LogP contribution in [0, 0.1) is 0 Å². The van der Waals surface area contributed by atoms with E-state index in [1.165, 1.54) is 0 Å². The Labute approximate surface area is 143 Å². The molecule has 24 heavy (non-hydrogen) atoms. The molecular formula is C20H23NO3. The molecule has 4 nitrogen and oxygen atoms in total. The number of morpholine rings is 1. The minimum absolute atomic E-state index is 0.0743. The summed E-state index contributed by atoms with van der Waals surface area (Å²) < 4.78 is 11.2. The van der Waals surface area contributed by atoms with Gasteiger partial charge in [-0.1, -0.05) is 25.1 Å². The second kappa shape index (κ2) is 8.08. The van der Waals surface area contributed by atoms with E-state index in [9.17, 15) is 4.79 Å². The molecule has 1 aliphatic rings. The molecule has 0 aromatic heterocycles. The fourth-order valence-corrected chi connectivity index (χ4v) is 3.00. The number of ketones is 1. The van der Waals surface area contributed by atoms with E-state index in [4.69, 9.17) is 9.47 Å². The third-order valence-electron chi connectivity index (χ3n) is 4.29. The highest BCUT2D eigenvalue weighted by atomic mass is 16.5. The number of nitrogens with zero attached hydrogens (tertiary/aromatic N) is 1. The fraction of sp³-hybridized carbons (Fsp3) is 0.350. The van der Waals surface area contributed by atoms with Crippen molar-refractivity contribution in [3.8, 4) is 11.5 Å². The van der Waals surface area contributed by atoms with Gasteiger partial charge in [0.15, 0.2) is 5.78 Å². The standard InChI is InChI=1S/C20H23NO3/c1-2-19(21-12-14-23-15-13-21)20(22)16-8-10-18(11-9-16)24-17-6-4-3-5-7-17/h3-11,19H,2,12-15H2,1H3. The van der Waals surface area contributed by atoms with Crippen molar-refractivity contribution in [2.75, 3.05) is 26.3 Å². The molecule has 1 atom stereocenters. The Hall–Kier alpha value is -2.17. The molecule has 126 valence electrons. The average Bonchev–Trinajstić information content (AvgIpc) is 2.65. The van der Waals surface area contributed by atoms with Gasteiger partial charge >= 0.3 is 0 Å². The van der Waals surface area contributed by atoms with Gasteiger partial charge in [-0.15, -0.1) is 0 Å². The highest BCUT2D eigenvalue weighted by Gasteiger charge is 2.26. The first-order chi connectivity index (χ1) is 11.8. The van der Waals surface area contributed by atoms with Crippen LogP contribution in [0.2, 0.25) is 0 Å². The number of hydrogen-bond acceptors (Lipinski definition) is 4. The third-order valence-corrected chi connectivity index (χ3v) is 4.29. The Kier molecular flexibility index (Phi) is 5.62. The van der Waals surface area contributed by atoms with Gasteiger partial charge in [0.1, 0.15) is 11.5 Å². The Morgan fingerprint density at radius 2 is 1.67 bits per heavy atom. The van der Waals surface area contributed by atoms with E-state index in [1.807, 2.05) is 54.6 Å². The number of carbonyl (C=O) groups excluding carboxylic acids is 1. The van der Waals surface area contributed by atoms with Crippen LogP contribution in [-0.4, -0.2) is 43.0 Å². The second-order valence-electron chi connectivity index (χ2n) is 5.88. The van der Waals surface area contributed by atoms with Gasteiger partial charge in [-0.2, -0.15) is 0 Å². The summed E-state index contributed by atoms with van der Waals surface area (Å²) in [6, 6.07) is 17.0. The molecule has 1 fully saturated rings. The number of benzene rings is 2. The van der Waals surface area contributed by atoms with Gasteiger partial charge in [-0.05, 0) is 42.8 Å². The van der Waals surface area contributed by atoms with E-state index < -0.39 is 0 Å². The van der Waals surface area contributed by atoms with Crippen LogP contribution in [0.5, 0.6) is 11.5 Å². The number of para-hydroxylation sites is 1. The van der Waals surface area contributed by atoms with Gasteiger partial charge < -0.3 is 9.47 Å². The Morgan fingerprint density at radius 3 is 2.29 bits per heavy atom. The van der Waals surface area contributed by atoms with Crippen LogP contribution in [0.4, 0.5) is 0 Å². The molecule has 1 aliphatic heterocycles. The number of carbonyl (C=O) groups is 1. The molecule has 0 saturated carbocycles. The van der Waals surface area contributed by atoms with Crippen molar-refractivity contribution in [1.29, 1.82) is 0 Å². The van der Waals surface area contributed by atoms with Gasteiger partial charge in [0.2, 0.25) is 0 Å². The van der Waals surface area contributed by atoms with Crippen LogP contribution in [0.3, 0.4) is 0 Å². The summed E-state index contributed by atoms with van der Waals surface area (Å²) in [5, 5.41) is 0. The van der Waals surface area contributed by atoms with Gasteiger partial charge in [-0.3, -0.25) is 9.69 Å². The summed E-state index contributed by atoms with van der Waals surface area (Å²) in [6.07, 6.45) is 0.807. The van der Waals surface area contributed by atoms with Crippen molar-refractivity contribution in [2.45, 2.75) is 19.4 Å². The lowest BCUT2D eigenvalue weighted by Gasteiger charge is -2.33. The van der Waals surface area contributed by atoms with Crippen molar-refractivity contribution in [1.82, 2.24) is 4.90 Å². The zero-order valence-corrected chi connectivity index (χ0v) is 14.0. The average molecular weight is 325 g/mol. The zero-order chi connectivity index (χ0) is 16.8. The summed E-state index contributed by atoms with van der Waals surface area (Å²) in [7, 11) is 0. The van der Waals surface area contributed by atoms with E-state index >= 15 is 0 Å². The molecule has 0 radical (unpaired) electrons. The lowest BCUT2D eigenvalue weighted by Crippen LogP contribution is -2.47. The molecule has 0 spiro atoms. The normalized spacial score (nSPS) is 16.5. The van der Waals surface area contributed by atoms with Crippen LogP contribution >= 0.6 is 0 Å². The van der Waals surface area contributed by atoms with Gasteiger partial charge in [0.25, 0.3) is 0 Å². The van der Waals surface area contributed by atoms with Crippen molar-refractivity contribution >= 4 is 5.78 Å². The number of ether oxygens (including phenoxy) is 2. The highest BCUT2D eigenvalue weighted by Crippen LogP contribution is 2.22. The predicted molar refractivity (Wildman–Crippen MR) is 93.8 cm³/mol. The number of rotatable bonds is 6. The minimum atomic E-state index is -0.0743. The Morgan fingerprint density at radius 1 is 1.04 bits per heavy atom. The van der Waals surface area contributed by atoms with E-state index in [2.05, 4.69) is 11.8 Å². The molecule has 2 aromatic rings. The van der Waals surface area contributed by atoms with Crippen LogP contribution in [0.25, 0.3) is 0 Å². The third kappa shape index (κ3) is 4.02.